The molecule has 3 rings (SSSR count). The van der Waals surface area contributed by atoms with Crippen LogP contribution < -0.4 is 10.2 Å². The Morgan fingerprint density at radius 1 is 1.23 bits per heavy atom. The van der Waals surface area contributed by atoms with Gasteiger partial charge in [0.15, 0.2) is 0 Å². The molecule has 1 aliphatic heterocycles. The van der Waals surface area contributed by atoms with Gasteiger partial charge in [-0.3, -0.25) is 9.59 Å². The van der Waals surface area contributed by atoms with Gasteiger partial charge in [0.05, 0.1) is 5.02 Å². The number of carbonyl (C=O) groups excluding carboxylic acids is 2. The molecule has 26 heavy (non-hydrogen) atoms. The number of anilines is 2. The minimum Gasteiger partial charge on any atom is -0.371 e. The minimum atomic E-state index is -0.0117. The summed E-state index contributed by atoms with van der Waals surface area (Å²) < 4.78 is 0.823. The quantitative estimate of drug-likeness (QED) is 0.681. The maximum Gasteiger partial charge on any atom is 0.227 e. The summed E-state index contributed by atoms with van der Waals surface area (Å²) >= 11 is 9.53. The second-order valence-corrected chi connectivity index (χ2v) is 7.80. The molecular weight excluding hydrogens is 416 g/mol. The molecular formula is C20H20BrClN2O2. The lowest BCUT2D eigenvalue weighted by Gasteiger charge is -2.33. The number of carbonyl (C=O) groups is 2. The van der Waals surface area contributed by atoms with Crippen molar-refractivity contribution in [2.24, 2.45) is 5.92 Å². The number of halogens is 2. The molecule has 0 bridgehead atoms. The summed E-state index contributed by atoms with van der Waals surface area (Å²) in [4.78, 5) is 25.6. The van der Waals surface area contributed by atoms with Gasteiger partial charge in [0.2, 0.25) is 5.91 Å². The van der Waals surface area contributed by atoms with Gasteiger partial charge in [0, 0.05) is 40.4 Å². The van der Waals surface area contributed by atoms with E-state index in [0.29, 0.717) is 10.6 Å². The van der Waals surface area contributed by atoms with Gasteiger partial charge in [-0.25, -0.2) is 0 Å². The molecule has 0 unspecified atom stereocenters. The summed E-state index contributed by atoms with van der Waals surface area (Å²) in [5.74, 6) is 0.0322. The van der Waals surface area contributed by atoms with E-state index in [9.17, 15) is 9.59 Å². The second-order valence-electron chi connectivity index (χ2n) is 6.54. The summed E-state index contributed by atoms with van der Waals surface area (Å²) in [5.41, 5.74) is 3.49. The predicted octanol–water partition coefficient (Wildman–Crippen LogP) is 5.08. The van der Waals surface area contributed by atoms with Gasteiger partial charge in [-0.1, -0.05) is 11.6 Å². The SMILES string of the molecule is Cc1cc(Br)c(Cl)cc1NC(=O)C1CCN(c2ccc(C=O)cc2)CC1. The number of benzene rings is 2. The Balaban J connectivity index is 1.59. The van der Waals surface area contributed by atoms with Crippen LogP contribution in [0.25, 0.3) is 0 Å². The van der Waals surface area contributed by atoms with Crippen LogP contribution in [-0.2, 0) is 4.79 Å². The van der Waals surface area contributed by atoms with E-state index in [1.54, 1.807) is 6.07 Å². The Kier molecular flexibility index (Phi) is 5.99. The number of aldehydes is 1. The fourth-order valence-corrected chi connectivity index (χ4v) is 3.80. The normalized spacial score (nSPS) is 15.0. The summed E-state index contributed by atoms with van der Waals surface area (Å²) in [6, 6.07) is 11.2. The molecule has 1 saturated heterocycles. The maximum absolute atomic E-state index is 12.6. The number of hydrogen-bond donors (Lipinski definition) is 1. The van der Waals surface area contributed by atoms with Crippen LogP contribution in [0.1, 0.15) is 28.8 Å². The van der Waals surface area contributed by atoms with Crippen molar-refractivity contribution in [1.82, 2.24) is 0 Å². The van der Waals surface area contributed by atoms with Gasteiger partial charge in [-0.15, -0.1) is 0 Å². The fraction of sp³-hybridized carbons (Fsp3) is 0.300. The molecule has 1 N–H and O–H groups in total. The zero-order chi connectivity index (χ0) is 18.7. The van der Waals surface area contributed by atoms with Crippen LogP contribution in [-0.4, -0.2) is 25.3 Å². The average molecular weight is 436 g/mol. The molecule has 4 nitrogen and oxygen atoms in total. The molecule has 136 valence electrons. The Bertz CT molecular complexity index is 815. The minimum absolute atomic E-state index is 0.0117. The molecule has 0 aromatic heterocycles. The van der Waals surface area contributed by atoms with E-state index < -0.39 is 0 Å². The monoisotopic (exact) mass is 434 g/mol. The first-order chi connectivity index (χ1) is 12.5. The van der Waals surface area contributed by atoms with Crippen molar-refractivity contribution in [3.8, 4) is 0 Å². The number of piperidine rings is 1. The summed E-state index contributed by atoms with van der Waals surface area (Å²) in [7, 11) is 0. The van der Waals surface area contributed by atoms with E-state index in [2.05, 4.69) is 26.1 Å². The van der Waals surface area contributed by atoms with Crippen molar-refractivity contribution in [3.05, 3.63) is 57.0 Å². The molecule has 1 amide bonds. The van der Waals surface area contributed by atoms with Crippen molar-refractivity contribution < 1.29 is 9.59 Å². The third-order valence-corrected chi connectivity index (χ3v) is 5.98. The molecule has 1 heterocycles. The Morgan fingerprint density at radius 3 is 2.50 bits per heavy atom. The fourth-order valence-electron chi connectivity index (χ4n) is 3.18. The van der Waals surface area contributed by atoms with E-state index in [0.717, 1.165) is 53.6 Å². The lowest BCUT2D eigenvalue weighted by atomic mass is 9.95. The zero-order valence-electron chi connectivity index (χ0n) is 14.5. The number of nitrogens with one attached hydrogen (secondary N) is 1. The van der Waals surface area contributed by atoms with Gasteiger partial charge < -0.3 is 10.2 Å². The van der Waals surface area contributed by atoms with Crippen LogP contribution >= 0.6 is 27.5 Å². The van der Waals surface area contributed by atoms with Crippen LogP contribution in [0, 0.1) is 12.8 Å². The molecule has 0 spiro atoms. The lowest BCUT2D eigenvalue weighted by Crippen LogP contribution is -2.38. The predicted molar refractivity (Wildman–Crippen MR) is 109 cm³/mol. The highest BCUT2D eigenvalue weighted by Gasteiger charge is 2.25. The smallest absolute Gasteiger partial charge is 0.227 e. The highest BCUT2D eigenvalue weighted by molar-refractivity contribution is 9.10. The molecule has 6 heteroatoms. The van der Waals surface area contributed by atoms with E-state index >= 15 is 0 Å². The number of aryl methyl sites for hydroxylation is 1. The number of rotatable bonds is 4. The highest BCUT2D eigenvalue weighted by atomic mass is 79.9. The van der Waals surface area contributed by atoms with Gasteiger partial charge in [0.25, 0.3) is 0 Å². The molecule has 2 aromatic carbocycles. The van der Waals surface area contributed by atoms with E-state index in [4.69, 9.17) is 11.6 Å². The van der Waals surface area contributed by atoms with Gasteiger partial charge >= 0.3 is 0 Å². The summed E-state index contributed by atoms with van der Waals surface area (Å²) in [5, 5.41) is 3.60. The number of nitrogens with zero attached hydrogens (tertiary/aromatic N) is 1. The van der Waals surface area contributed by atoms with E-state index in [1.165, 1.54) is 0 Å². The molecule has 1 fully saturated rings. The van der Waals surface area contributed by atoms with Gasteiger partial charge in [0.1, 0.15) is 6.29 Å². The number of amides is 1. The van der Waals surface area contributed by atoms with E-state index in [1.807, 2.05) is 37.3 Å². The first-order valence-electron chi connectivity index (χ1n) is 8.54. The average Bonchev–Trinajstić information content (AvgIpc) is 2.66. The van der Waals surface area contributed by atoms with Crippen LogP contribution in [0.2, 0.25) is 5.02 Å². The zero-order valence-corrected chi connectivity index (χ0v) is 16.8. The summed E-state index contributed by atoms with van der Waals surface area (Å²) in [6.07, 6.45) is 2.44. The van der Waals surface area contributed by atoms with Crippen LogP contribution in [0.5, 0.6) is 0 Å². The molecule has 2 aromatic rings. The lowest BCUT2D eigenvalue weighted by molar-refractivity contribution is -0.120. The third-order valence-electron chi connectivity index (χ3n) is 4.79. The largest absolute Gasteiger partial charge is 0.371 e. The molecule has 1 aliphatic rings. The molecule has 0 saturated carbocycles. The van der Waals surface area contributed by atoms with Crippen LogP contribution in [0.4, 0.5) is 11.4 Å². The van der Waals surface area contributed by atoms with Crippen molar-refractivity contribution in [2.75, 3.05) is 23.3 Å². The Morgan fingerprint density at radius 2 is 1.88 bits per heavy atom. The van der Waals surface area contributed by atoms with Crippen molar-refractivity contribution >= 4 is 51.1 Å². The Labute approximate surface area is 166 Å². The standard InChI is InChI=1S/C20H20BrClN2O2/c1-13-10-17(21)18(22)11-19(13)23-20(26)15-6-8-24(9-7-15)16-4-2-14(12-25)3-5-16/h2-5,10-12,15H,6-9H2,1H3,(H,23,26). The third kappa shape index (κ3) is 4.27. The van der Waals surface area contributed by atoms with Crippen molar-refractivity contribution in [3.63, 3.8) is 0 Å². The van der Waals surface area contributed by atoms with Crippen LogP contribution in [0.15, 0.2) is 40.9 Å². The van der Waals surface area contributed by atoms with Crippen LogP contribution in [0.3, 0.4) is 0 Å². The number of hydrogen-bond acceptors (Lipinski definition) is 3. The first kappa shape index (κ1) is 18.9. The second kappa shape index (κ2) is 8.23. The summed E-state index contributed by atoms with van der Waals surface area (Å²) in [6.45, 7) is 3.58. The Hall–Kier alpha value is -1.85. The molecule has 0 aliphatic carbocycles. The first-order valence-corrected chi connectivity index (χ1v) is 9.71. The van der Waals surface area contributed by atoms with Crippen molar-refractivity contribution in [1.29, 1.82) is 0 Å². The maximum atomic E-state index is 12.6. The van der Waals surface area contributed by atoms with Crippen molar-refractivity contribution in [2.45, 2.75) is 19.8 Å². The highest BCUT2D eigenvalue weighted by Crippen LogP contribution is 2.30. The van der Waals surface area contributed by atoms with E-state index in [-0.39, 0.29) is 11.8 Å². The van der Waals surface area contributed by atoms with Gasteiger partial charge in [-0.2, -0.15) is 0 Å². The molecule has 0 atom stereocenters. The molecule has 0 radical (unpaired) electrons. The van der Waals surface area contributed by atoms with Gasteiger partial charge in [-0.05, 0) is 77.7 Å². The topological polar surface area (TPSA) is 49.4 Å².